The third-order valence-corrected chi connectivity index (χ3v) is 4.17. The zero-order chi connectivity index (χ0) is 9.73. The lowest BCUT2D eigenvalue weighted by molar-refractivity contribution is 0.514. The molecule has 1 atom stereocenters. The Morgan fingerprint density at radius 2 is 1.69 bits per heavy atom. The molecule has 0 saturated carbocycles. The van der Waals surface area contributed by atoms with Gasteiger partial charge in [-0.05, 0) is 18.4 Å². The topological polar surface area (TPSA) is 20.2 Å². The van der Waals surface area contributed by atoms with Gasteiger partial charge in [-0.3, -0.25) is 0 Å². The highest BCUT2D eigenvalue weighted by Gasteiger charge is 2.27. The molecule has 72 valence electrons. The second kappa shape index (κ2) is 4.74. The maximum atomic E-state index is 9.46. The first-order valence-electron chi connectivity index (χ1n) is 4.76. The van der Waals surface area contributed by atoms with E-state index < -0.39 is 0 Å². The summed E-state index contributed by atoms with van der Waals surface area (Å²) in [5.74, 6) is 0. The largest absolute Gasteiger partial charge is 0.376 e. The van der Waals surface area contributed by atoms with E-state index >= 15 is 0 Å². The monoisotopic (exact) mass is 196 g/mol. The van der Waals surface area contributed by atoms with Crippen LogP contribution in [-0.2, 0) is 5.16 Å². The SMILES string of the molecule is CCC(CC)(PO)c1ccccc1. The molecule has 0 amide bonds. The average Bonchev–Trinajstić information content (AvgIpc) is 2.23. The molecule has 0 aliphatic carbocycles. The summed E-state index contributed by atoms with van der Waals surface area (Å²) in [6.07, 6.45) is 2.00. The Bertz CT molecular complexity index is 233. The fourth-order valence-electron chi connectivity index (χ4n) is 1.64. The van der Waals surface area contributed by atoms with E-state index in [4.69, 9.17) is 0 Å². The molecule has 1 unspecified atom stereocenters. The number of hydrogen-bond acceptors (Lipinski definition) is 1. The normalized spacial score (nSPS) is 12.5. The van der Waals surface area contributed by atoms with E-state index in [0.717, 1.165) is 12.8 Å². The van der Waals surface area contributed by atoms with Crippen molar-refractivity contribution >= 4 is 8.81 Å². The molecule has 0 aromatic heterocycles. The Morgan fingerprint density at radius 3 is 2.08 bits per heavy atom. The lowest BCUT2D eigenvalue weighted by atomic mass is 9.93. The molecule has 2 heteroatoms. The quantitative estimate of drug-likeness (QED) is 0.732. The van der Waals surface area contributed by atoms with Crippen LogP contribution in [0.2, 0.25) is 0 Å². The molecule has 0 radical (unpaired) electrons. The highest BCUT2D eigenvalue weighted by atomic mass is 31.1. The van der Waals surface area contributed by atoms with E-state index in [9.17, 15) is 4.89 Å². The molecule has 1 N–H and O–H groups in total. The van der Waals surface area contributed by atoms with Gasteiger partial charge in [0.2, 0.25) is 0 Å². The van der Waals surface area contributed by atoms with Gasteiger partial charge >= 0.3 is 0 Å². The molecule has 13 heavy (non-hydrogen) atoms. The highest BCUT2D eigenvalue weighted by molar-refractivity contribution is 7.32. The van der Waals surface area contributed by atoms with E-state index in [-0.39, 0.29) is 14.0 Å². The molecule has 0 saturated heterocycles. The van der Waals surface area contributed by atoms with Gasteiger partial charge in [-0.1, -0.05) is 44.2 Å². The van der Waals surface area contributed by atoms with Gasteiger partial charge in [0.15, 0.2) is 0 Å². The van der Waals surface area contributed by atoms with E-state index in [2.05, 4.69) is 26.0 Å². The summed E-state index contributed by atoms with van der Waals surface area (Å²) in [5.41, 5.74) is 1.26. The van der Waals surface area contributed by atoms with Gasteiger partial charge in [-0.25, -0.2) is 0 Å². The molecule has 1 nitrogen and oxygen atoms in total. The molecule has 0 spiro atoms. The summed E-state index contributed by atoms with van der Waals surface area (Å²) < 4.78 is 0. The summed E-state index contributed by atoms with van der Waals surface area (Å²) in [6, 6.07) is 10.3. The van der Waals surface area contributed by atoms with Crippen molar-refractivity contribution in [3.05, 3.63) is 35.9 Å². The van der Waals surface area contributed by atoms with Crippen LogP contribution in [0, 0.1) is 0 Å². The smallest absolute Gasteiger partial charge is 0.0361 e. The zero-order valence-corrected chi connectivity index (χ0v) is 9.25. The molecular formula is C11H17OP. The standard InChI is InChI=1S/C11H17OP/c1-3-11(4-2,13-12)10-8-6-5-7-9-10/h5-9,12-13H,3-4H2,1-2H3. The van der Waals surface area contributed by atoms with Crippen LogP contribution in [0.5, 0.6) is 0 Å². The molecular weight excluding hydrogens is 179 g/mol. The third-order valence-electron chi connectivity index (χ3n) is 2.75. The molecule has 0 fully saturated rings. The Kier molecular flexibility index (Phi) is 3.90. The summed E-state index contributed by atoms with van der Waals surface area (Å²) in [4.78, 5) is 9.46. The maximum Gasteiger partial charge on any atom is 0.0361 e. The van der Waals surface area contributed by atoms with E-state index in [1.165, 1.54) is 5.56 Å². The van der Waals surface area contributed by atoms with Crippen LogP contribution in [0.1, 0.15) is 32.3 Å². The van der Waals surface area contributed by atoms with Gasteiger partial charge in [-0.2, -0.15) is 0 Å². The van der Waals surface area contributed by atoms with Crippen molar-refractivity contribution in [2.75, 3.05) is 0 Å². The van der Waals surface area contributed by atoms with Crippen molar-refractivity contribution in [1.82, 2.24) is 0 Å². The Labute approximate surface area is 82.1 Å². The minimum absolute atomic E-state index is 0.00125. The minimum atomic E-state index is -0.00336. The van der Waals surface area contributed by atoms with Crippen LogP contribution in [0.25, 0.3) is 0 Å². The minimum Gasteiger partial charge on any atom is -0.376 e. The van der Waals surface area contributed by atoms with Gasteiger partial charge in [0.05, 0.1) is 0 Å². The van der Waals surface area contributed by atoms with Gasteiger partial charge in [0, 0.05) is 14.0 Å². The average molecular weight is 196 g/mol. The molecule has 0 aliphatic rings. The molecule has 0 aliphatic heterocycles. The summed E-state index contributed by atoms with van der Waals surface area (Å²) in [6.45, 7) is 4.28. The van der Waals surface area contributed by atoms with Gasteiger partial charge < -0.3 is 4.89 Å². The van der Waals surface area contributed by atoms with Crippen LogP contribution >= 0.6 is 8.81 Å². The van der Waals surface area contributed by atoms with Gasteiger partial charge in [0.25, 0.3) is 0 Å². The lowest BCUT2D eigenvalue weighted by Crippen LogP contribution is -2.17. The fraction of sp³-hybridized carbons (Fsp3) is 0.455. The molecule has 0 bridgehead atoms. The van der Waals surface area contributed by atoms with E-state index in [1.54, 1.807) is 0 Å². The number of hydrogen-bond donors (Lipinski definition) is 1. The fourth-order valence-corrected chi connectivity index (χ4v) is 2.25. The highest BCUT2D eigenvalue weighted by Crippen LogP contribution is 2.44. The number of rotatable bonds is 4. The second-order valence-electron chi connectivity index (χ2n) is 3.27. The number of benzene rings is 1. The maximum absolute atomic E-state index is 9.46. The molecule has 0 heterocycles. The van der Waals surface area contributed by atoms with Crippen molar-refractivity contribution in [1.29, 1.82) is 0 Å². The lowest BCUT2D eigenvalue weighted by Gasteiger charge is -2.29. The first-order chi connectivity index (χ1) is 6.29. The van der Waals surface area contributed by atoms with Crippen molar-refractivity contribution in [3.63, 3.8) is 0 Å². The van der Waals surface area contributed by atoms with Crippen LogP contribution in [-0.4, -0.2) is 4.89 Å². The Hall–Kier alpha value is -0.390. The van der Waals surface area contributed by atoms with Crippen molar-refractivity contribution in [2.45, 2.75) is 31.8 Å². The second-order valence-corrected chi connectivity index (χ2v) is 4.45. The molecule has 1 aromatic carbocycles. The first kappa shape index (κ1) is 10.7. The predicted octanol–water partition coefficient (Wildman–Crippen LogP) is 3.29. The van der Waals surface area contributed by atoms with E-state index in [1.807, 2.05) is 18.2 Å². The van der Waals surface area contributed by atoms with Crippen LogP contribution in [0.4, 0.5) is 0 Å². The van der Waals surface area contributed by atoms with Gasteiger partial charge in [0.1, 0.15) is 0 Å². The van der Waals surface area contributed by atoms with Crippen LogP contribution in [0.3, 0.4) is 0 Å². The summed E-state index contributed by atoms with van der Waals surface area (Å²) >= 11 is 0. The van der Waals surface area contributed by atoms with Gasteiger partial charge in [-0.15, -0.1) is 0 Å². The summed E-state index contributed by atoms with van der Waals surface area (Å²) in [7, 11) is -0.00336. The zero-order valence-electron chi connectivity index (χ0n) is 8.25. The van der Waals surface area contributed by atoms with Crippen molar-refractivity contribution in [2.24, 2.45) is 0 Å². The van der Waals surface area contributed by atoms with Crippen LogP contribution < -0.4 is 0 Å². The Morgan fingerprint density at radius 1 is 1.15 bits per heavy atom. The van der Waals surface area contributed by atoms with Crippen LogP contribution in [0.15, 0.2) is 30.3 Å². The van der Waals surface area contributed by atoms with Crippen molar-refractivity contribution < 1.29 is 4.89 Å². The Balaban J connectivity index is 3.01. The molecule has 1 rings (SSSR count). The molecule has 1 aromatic rings. The first-order valence-corrected chi connectivity index (χ1v) is 5.70. The predicted molar refractivity (Wildman–Crippen MR) is 59.2 cm³/mol. The summed E-state index contributed by atoms with van der Waals surface area (Å²) in [5, 5.41) is 0.00125. The van der Waals surface area contributed by atoms with E-state index in [0.29, 0.717) is 0 Å². The van der Waals surface area contributed by atoms with Crippen molar-refractivity contribution in [3.8, 4) is 0 Å². The third kappa shape index (κ3) is 2.10.